The molecular weight excluding hydrogens is 434 g/mol. The number of aromatic nitrogens is 2. The number of carbonyl (C=O) groups excluding carboxylic acids is 2. The lowest BCUT2D eigenvalue weighted by molar-refractivity contribution is -0.118. The molecule has 0 aliphatic rings. The molecule has 0 atom stereocenters. The molecule has 1 aromatic carbocycles. The van der Waals surface area contributed by atoms with Crippen molar-refractivity contribution in [3.63, 3.8) is 0 Å². The third-order valence-electron chi connectivity index (χ3n) is 4.44. The smallest absolute Gasteiger partial charge is 0.216 e. The minimum atomic E-state index is -0.0428. The maximum absolute atomic E-state index is 12.7. The van der Waals surface area contributed by atoms with Gasteiger partial charge in [0.25, 0.3) is 0 Å². The summed E-state index contributed by atoms with van der Waals surface area (Å²) in [6, 6.07) is 14.0. The fraction of sp³-hybridized carbons (Fsp3) is 0.182. The molecule has 0 fully saturated rings. The van der Waals surface area contributed by atoms with E-state index in [1.807, 2.05) is 30.3 Å². The van der Waals surface area contributed by atoms with E-state index in [4.69, 9.17) is 0 Å². The predicted molar refractivity (Wildman–Crippen MR) is 125 cm³/mol. The van der Waals surface area contributed by atoms with E-state index in [1.54, 1.807) is 17.7 Å². The average Bonchev–Trinajstić information content (AvgIpc) is 3.40. The zero-order valence-corrected chi connectivity index (χ0v) is 18.7. The summed E-state index contributed by atoms with van der Waals surface area (Å²) in [5.41, 5.74) is 2.22. The minimum absolute atomic E-state index is 0.0428. The lowest BCUT2D eigenvalue weighted by Gasteiger charge is -2.05. The fourth-order valence-corrected chi connectivity index (χ4v) is 5.93. The van der Waals surface area contributed by atoms with Crippen molar-refractivity contribution in [2.75, 3.05) is 12.3 Å². The van der Waals surface area contributed by atoms with Crippen molar-refractivity contribution in [1.82, 2.24) is 15.3 Å². The molecule has 5 nitrogen and oxygen atoms in total. The summed E-state index contributed by atoms with van der Waals surface area (Å²) < 4.78 is 0. The molecule has 0 unspecified atom stereocenters. The Labute approximate surface area is 186 Å². The van der Waals surface area contributed by atoms with Crippen LogP contribution in [-0.2, 0) is 11.2 Å². The molecule has 30 heavy (non-hydrogen) atoms. The van der Waals surface area contributed by atoms with Gasteiger partial charge in [-0.05, 0) is 24.1 Å². The Morgan fingerprint density at radius 3 is 2.73 bits per heavy atom. The first-order chi connectivity index (χ1) is 14.6. The Bertz CT molecular complexity index is 1180. The molecule has 3 aromatic heterocycles. The van der Waals surface area contributed by atoms with E-state index in [9.17, 15) is 9.59 Å². The fourth-order valence-electron chi connectivity index (χ4n) is 3.02. The van der Waals surface area contributed by atoms with Gasteiger partial charge in [0, 0.05) is 29.3 Å². The molecule has 0 spiro atoms. The Morgan fingerprint density at radius 1 is 1.10 bits per heavy atom. The molecule has 0 bridgehead atoms. The highest BCUT2D eigenvalue weighted by atomic mass is 32.2. The maximum atomic E-state index is 12.7. The number of thioether (sulfide) groups is 1. The van der Waals surface area contributed by atoms with E-state index in [0.717, 1.165) is 42.5 Å². The van der Waals surface area contributed by atoms with Crippen molar-refractivity contribution in [3.05, 3.63) is 63.9 Å². The zero-order valence-electron chi connectivity index (χ0n) is 16.3. The minimum Gasteiger partial charge on any atom is -0.356 e. The quantitative estimate of drug-likeness (QED) is 0.229. The van der Waals surface area contributed by atoms with Crippen LogP contribution in [0.15, 0.2) is 59.2 Å². The number of rotatable bonds is 8. The van der Waals surface area contributed by atoms with Gasteiger partial charge in [0.1, 0.15) is 16.2 Å². The summed E-state index contributed by atoms with van der Waals surface area (Å²) in [6.07, 6.45) is 2.29. The number of carbonyl (C=O) groups is 2. The number of Topliss-reactive ketones (excluding diaryl/α,β-unsaturated/α-hetero) is 1. The summed E-state index contributed by atoms with van der Waals surface area (Å²) in [5.74, 6) is 0.361. The van der Waals surface area contributed by atoms with Crippen molar-refractivity contribution in [2.24, 2.45) is 0 Å². The van der Waals surface area contributed by atoms with Crippen molar-refractivity contribution >= 4 is 56.3 Å². The molecule has 4 aromatic rings. The maximum Gasteiger partial charge on any atom is 0.216 e. The number of benzene rings is 1. The molecule has 0 aliphatic carbocycles. The summed E-state index contributed by atoms with van der Waals surface area (Å²) in [6.45, 7) is 2.08. The first-order valence-corrected chi connectivity index (χ1v) is 12.1. The molecule has 0 saturated carbocycles. The number of fused-ring (bicyclic) bond motifs is 1. The summed E-state index contributed by atoms with van der Waals surface area (Å²) in [4.78, 5) is 35.3. The number of thiophene rings is 2. The first-order valence-electron chi connectivity index (χ1n) is 9.38. The molecule has 1 amide bonds. The van der Waals surface area contributed by atoms with Crippen molar-refractivity contribution in [1.29, 1.82) is 0 Å². The van der Waals surface area contributed by atoms with Crippen LogP contribution in [0.25, 0.3) is 21.3 Å². The molecule has 8 heteroatoms. The van der Waals surface area contributed by atoms with Crippen molar-refractivity contribution in [3.8, 4) is 11.1 Å². The molecule has 0 saturated heterocycles. The first kappa shape index (κ1) is 20.7. The number of hydrogen-bond acceptors (Lipinski definition) is 7. The van der Waals surface area contributed by atoms with E-state index in [-0.39, 0.29) is 11.7 Å². The number of nitrogens with one attached hydrogen (secondary N) is 1. The van der Waals surface area contributed by atoms with Crippen LogP contribution in [0, 0.1) is 0 Å². The van der Waals surface area contributed by atoms with Crippen molar-refractivity contribution in [2.45, 2.75) is 18.4 Å². The molecule has 0 radical (unpaired) electrons. The van der Waals surface area contributed by atoms with E-state index < -0.39 is 0 Å². The summed E-state index contributed by atoms with van der Waals surface area (Å²) in [5, 5.41) is 6.71. The van der Waals surface area contributed by atoms with Crippen molar-refractivity contribution < 1.29 is 9.59 Å². The summed E-state index contributed by atoms with van der Waals surface area (Å²) >= 11 is 4.53. The van der Waals surface area contributed by atoms with Crippen LogP contribution >= 0.6 is 34.4 Å². The molecule has 4 rings (SSSR count). The zero-order chi connectivity index (χ0) is 20.9. The van der Waals surface area contributed by atoms with Crippen LogP contribution in [0.5, 0.6) is 0 Å². The van der Waals surface area contributed by atoms with Gasteiger partial charge in [-0.2, -0.15) is 0 Å². The Hall–Kier alpha value is -2.55. The van der Waals surface area contributed by atoms with Crippen LogP contribution in [0.2, 0.25) is 0 Å². The molecule has 3 heterocycles. The van der Waals surface area contributed by atoms with E-state index in [2.05, 4.69) is 32.8 Å². The Kier molecular flexibility index (Phi) is 6.56. The van der Waals surface area contributed by atoms with Gasteiger partial charge in [0.15, 0.2) is 5.78 Å². The largest absolute Gasteiger partial charge is 0.356 e. The second-order valence-corrected chi connectivity index (χ2v) is 9.58. The monoisotopic (exact) mass is 453 g/mol. The van der Waals surface area contributed by atoms with Gasteiger partial charge in [-0.15, -0.1) is 22.7 Å². The molecule has 0 aliphatic heterocycles. The van der Waals surface area contributed by atoms with E-state index >= 15 is 0 Å². The lowest BCUT2D eigenvalue weighted by Crippen LogP contribution is -2.22. The van der Waals surface area contributed by atoms with Gasteiger partial charge in [0.05, 0.1) is 16.0 Å². The van der Waals surface area contributed by atoms with Gasteiger partial charge in [-0.25, -0.2) is 9.97 Å². The second-order valence-electron chi connectivity index (χ2n) is 6.59. The van der Waals surface area contributed by atoms with Gasteiger partial charge < -0.3 is 5.32 Å². The van der Waals surface area contributed by atoms with Crippen LogP contribution < -0.4 is 5.32 Å². The van der Waals surface area contributed by atoms with Gasteiger partial charge in [-0.3, -0.25) is 9.59 Å². The van der Waals surface area contributed by atoms with Gasteiger partial charge in [0.2, 0.25) is 5.91 Å². The van der Waals surface area contributed by atoms with Crippen LogP contribution in [0.3, 0.4) is 0 Å². The normalized spacial score (nSPS) is 11.0. The van der Waals surface area contributed by atoms with Crippen LogP contribution in [-0.4, -0.2) is 34.0 Å². The highest BCUT2D eigenvalue weighted by Crippen LogP contribution is 2.38. The number of ketones is 1. The second kappa shape index (κ2) is 9.51. The van der Waals surface area contributed by atoms with Gasteiger partial charge in [-0.1, -0.05) is 42.1 Å². The van der Waals surface area contributed by atoms with E-state index in [1.165, 1.54) is 30.0 Å². The summed E-state index contributed by atoms with van der Waals surface area (Å²) in [7, 11) is 0. The highest BCUT2D eigenvalue weighted by molar-refractivity contribution is 8.00. The number of amides is 1. The third kappa shape index (κ3) is 4.77. The standard InChI is InChI=1S/C22H19N3O2S3/c1-14(26)23-10-9-16-7-8-19(30-16)18(27)12-29-22-20-17(15-5-3-2-4-6-15)11-28-21(20)24-13-25-22/h2-8,11,13H,9-10,12H2,1H3,(H,23,26). The SMILES string of the molecule is CC(=O)NCCc1ccc(C(=O)CSc2ncnc3scc(-c4ccccc4)c23)s1. The van der Waals surface area contributed by atoms with Crippen LogP contribution in [0.1, 0.15) is 21.5 Å². The predicted octanol–water partition coefficient (Wildman–Crippen LogP) is 5.07. The molecule has 152 valence electrons. The van der Waals surface area contributed by atoms with E-state index in [0.29, 0.717) is 12.3 Å². The Morgan fingerprint density at radius 2 is 1.93 bits per heavy atom. The topological polar surface area (TPSA) is 72.0 Å². The molecular formula is C22H19N3O2S3. The number of hydrogen-bond donors (Lipinski definition) is 1. The van der Waals surface area contributed by atoms with Gasteiger partial charge >= 0.3 is 0 Å². The number of nitrogens with zero attached hydrogens (tertiary/aromatic N) is 2. The average molecular weight is 454 g/mol. The highest BCUT2D eigenvalue weighted by Gasteiger charge is 2.16. The Balaban J connectivity index is 1.48. The molecule has 1 N–H and O–H groups in total. The lowest BCUT2D eigenvalue weighted by atomic mass is 10.1. The third-order valence-corrected chi connectivity index (χ3v) is 7.50. The van der Waals surface area contributed by atoms with Crippen LogP contribution in [0.4, 0.5) is 0 Å².